The molecule has 3 fully saturated rings. The van der Waals surface area contributed by atoms with Crippen molar-refractivity contribution < 1.29 is 67.8 Å². The highest BCUT2D eigenvalue weighted by atomic mass is 35.5. The van der Waals surface area contributed by atoms with Gasteiger partial charge in [0.1, 0.15) is 18.1 Å². The van der Waals surface area contributed by atoms with Crippen LogP contribution in [0.3, 0.4) is 0 Å². The van der Waals surface area contributed by atoms with Gasteiger partial charge in [0.15, 0.2) is 32.5 Å². The summed E-state index contributed by atoms with van der Waals surface area (Å²) in [5, 5.41) is 49.0. The van der Waals surface area contributed by atoms with E-state index in [9.17, 15) is 44.1 Å². The van der Waals surface area contributed by atoms with Crippen LogP contribution in [-0.2, 0) is 52.5 Å². The number of esters is 3. The molecule has 3 aromatic heterocycles. The first-order chi connectivity index (χ1) is 54.0. The minimum atomic E-state index is -0.950. The number of ether oxygens (including phenoxy) is 5. The Bertz CT molecular complexity index is 4600. The van der Waals surface area contributed by atoms with Crippen molar-refractivity contribution in [3.63, 3.8) is 0 Å². The van der Waals surface area contributed by atoms with Crippen LogP contribution in [-0.4, -0.2) is 213 Å². The standard InChI is InChI=1S/2C26H30Cl2N4O5S.C25H28Cl2N4O4S2/c1-4-37-24(33)20-19(13-32-8-9-36-14-16(32)12-26(2,3)25(34)35)30-22(23-29-7-10-38-23)31-21(20)17-6-5-15(27)11-18(17)28;1-4-36-24(33)20-19(14-32-8-9-37-16(13-32)12-26(2,3)25(34)35)30-22(23-29-7-10-38-23)31-21(20)17-6-5-15(27)11-18(17)28;1-3-35-25(34)20-19(12-31-7-9-36-13-16(31)10-14(2)24(32)33)29-22(23-28-6-8-37-23)30-21(20)17-5-4-15(26)11-18(17)27/h2*5-7,10-11,16,21H,4,8-9,12-14H2,1-3H3,(H,30,31)(H,34,35);4-6,8,11,14,16,21H,3,7,9-10,12-13H2,1-2H3,(H,29,30)(H,32,33)/t2*16?,21-;14?,16-,21+/m001/s1. The van der Waals surface area contributed by atoms with Gasteiger partial charge in [-0.1, -0.05) is 94.7 Å². The molecule has 6 aliphatic rings. The quantitative estimate of drug-likeness (QED) is 0.0206. The smallest absolute Gasteiger partial charge is 0.338 e. The number of halogens is 6. The zero-order valence-electron chi connectivity index (χ0n) is 63.2. The molecule has 0 bridgehead atoms. The molecule has 606 valence electrons. The van der Waals surface area contributed by atoms with Gasteiger partial charge in [0.2, 0.25) is 0 Å². The third kappa shape index (κ3) is 23.0. The number of morpholine rings is 2. The van der Waals surface area contributed by atoms with E-state index in [0.29, 0.717) is 192 Å². The van der Waals surface area contributed by atoms with E-state index in [1.54, 1.807) is 129 Å². The summed E-state index contributed by atoms with van der Waals surface area (Å²) in [6.07, 6.45) is 6.07. The lowest BCUT2D eigenvalue weighted by atomic mass is 9.85. The van der Waals surface area contributed by atoms with Gasteiger partial charge in [-0.05, 0) is 104 Å². The van der Waals surface area contributed by atoms with Crippen LogP contribution >= 0.6 is 115 Å². The molecule has 12 rings (SSSR count). The van der Waals surface area contributed by atoms with Gasteiger partial charge in [-0.3, -0.25) is 44.1 Å². The average molecular weight is 1750 g/mol. The Balaban J connectivity index is 0.000000180. The molecule has 3 aromatic carbocycles. The molecule has 0 aliphatic carbocycles. The first kappa shape index (κ1) is 88.3. The molecular formula is C77H88Cl6N12O14S4. The highest BCUT2D eigenvalue weighted by Crippen LogP contribution is 2.43. The summed E-state index contributed by atoms with van der Waals surface area (Å²) >= 11 is 44.3. The Hall–Kier alpha value is -7.11. The zero-order valence-corrected chi connectivity index (χ0v) is 71.0. The normalized spacial score (nSPS) is 20.8. The maximum atomic E-state index is 13.4. The Morgan fingerprint density at radius 3 is 1.35 bits per heavy atom. The van der Waals surface area contributed by atoms with Crippen molar-refractivity contribution >= 4 is 169 Å². The van der Waals surface area contributed by atoms with Crippen LogP contribution in [0.4, 0.5) is 0 Å². The van der Waals surface area contributed by atoms with E-state index in [1.807, 2.05) is 27.9 Å². The number of aromatic nitrogens is 3. The van der Waals surface area contributed by atoms with Crippen LogP contribution in [0.5, 0.6) is 0 Å². The molecule has 0 saturated carbocycles. The van der Waals surface area contributed by atoms with Crippen LogP contribution in [0.25, 0.3) is 0 Å². The Morgan fingerprint density at radius 2 is 0.965 bits per heavy atom. The number of nitrogens with one attached hydrogen (secondary N) is 3. The van der Waals surface area contributed by atoms with E-state index in [0.717, 1.165) is 18.1 Å². The van der Waals surface area contributed by atoms with Crippen molar-refractivity contribution in [2.24, 2.45) is 31.7 Å². The van der Waals surface area contributed by atoms with Gasteiger partial charge in [-0.25, -0.2) is 29.3 Å². The van der Waals surface area contributed by atoms with Crippen molar-refractivity contribution in [2.75, 3.05) is 97.0 Å². The Kier molecular flexibility index (Phi) is 31.7. The van der Waals surface area contributed by atoms with Gasteiger partial charge in [0.25, 0.3) is 0 Å². The predicted molar refractivity (Wildman–Crippen MR) is 442 cm³/mol. The number of hydrogen-bond donors (Lipinski definition) is 6. The number of carbonyl (C=O) groups is 6. The fourth-order valence-electron chi connectivity index (χ4n) is 13.4. The van der Waals surface area contributed by atoms with Gasteiger partial charge in [0, 0.05) is 168 Å². The van der Waals surface area contributed by atoms with E-state index in [-0.39, 0.29) is 38.0 Å². The van der Waals surface area contributed by atoms with Crippen molar-refractivity contribution in [1.29, 1.82) is 0 Å². The lowest BCUT2D eigenvalue weighted by Gasteiger charge is -2.40. The number of benzene rings is 3. The Morgan fingerprint density at radius 1 is 0.558 bits per heavy atom. The number of rotatable bonds is 27. The average Bonchev–Trinajstić information content (AvgIpc) is 1.19. The molecule has 3 saturated heterocycles. The van der Waals surface area contributed by atoms with Gasteiger partial charge in [0.05, 0.1) is 79.2 Å². The molecule has 9 heterocycles. The van der Waals surface area contributed by atoms with E-state index >= 15 is 0 Å². The van der Waals surface area contributed by atoms with E-state index in [1.165, 1.54) is 34.0 Å². The molecular weight excluding hydrogens is 1660 g/mol. The molecule has 6 aromatic rings. The third-order valence-corrected chi connectivity index (χ3v) is 24.4. The van der Waals surface area contributed by atoms with Crippen molar-refractivity contribution in [2.45, 2.75) is 111 Å². The first-order valence-corrected chi connectivity index (χ1v) is 42.5. The second-order valence-corrected chi connectivity index (χ2v) is 34.6. The maximum Gasteiger partial charge on any atom is 0.338 e. The molecule has 6 aliphatic heterocycles. The molecule has 6 N–H and O–H groups in total. The zero-order chi connectivity index (χ0) is 81.4. The summed E-state index contributed by atoms with van der Waals surface area (Å²) in [4.78, 5) is 110. The first-order valence-electron chi connectivity index (χ1n) is 36.4. The number of hydrogen-bond acceptors (Lipinski definition) is 27. The summed E-state index contributed by atoms with van der Waals surface area (Å²) < 4.78 is 28.0. The lowest BCUT2D eigenvalue weighted by Crippen LogP contribution is -2.51. The molecule has 0 amide bonds. The minimum absolute atomic E-state index is 0.0438. The number of aliphatic imine (C=N–C) groups is 3. The molecule has 0 radical (unpaired) electrons. The van der Waals surface area contributed by atoms with Gasteiger partial charge >= 0.3 is 35.8 Å². The molecule has 26 nitrogen and oxygen atoms in total. The van der Waals surface area contributed by atoms with Crippen LogP contribution in [0.1, 0.15) is 124 Å². The molecule has 113 heavy (non-hydrogen) atoms. The van der Waals surface area contributed by atoms with Gasteiger partial charge in [-0.2, -0.15) is 11.8 Å². The van der Waals surface area contributed by atoms with Crippen molar-refractivity contribution in [1.82, 2.24) is 45.6 Å². The third-order valence-electron chi connectivity index (χ3n) is 19.3. The van der Waals surface area contributed by atoms with Crippen LogP contribution in [0, 0.1) is 16.7 Å². The maximum absolute atomic E-state index is 13.4. The summed E-state index contributed by atoms with van der Waals surface area (Å²) in [6, 6.07) is 12.9. The highest BCUT2D eigenvalue weighted by molar-refractivity contribution is 7.99. The molecule has 36 heteroatoms. The fourth-order valence-corrected chi connectivity index (χ4v) is 17.9. The second-order valence-electron chi connectivity index (χ2n) is 28.3. The number of aliphatic carboxylic acids is 3. The van der Waals surface area contributed by atoms with Crippen molar-refractivity contribution in [3.05, 3.63) is 185 Å². The molecule has 0 spiro atoms. The number of carbonyl (C=O) groups excluding carboxylic acids is 3. The summed E-state index contributed by atoms with van der Waals surface area (Å²) in [7, 11) is 0. The summed E-state index contributed by atoms with van der Waals surface area (Å²) in [6.45, 7) is 19.2. The number of thiazole rings is 3. The number of carboxylic acids is 3. The fraction of sp³-hybridized carbons (Fsp3) is 0.455. The summed E-state index contributed by atoms with van der Waals surface area (Å²) in [5.74, 6) is -1.21. The monoisotopic (exact) mass is 1740 g/mol. The molecule has 3 unspecified atom stereocenters. The van der Waals surface area contributed by atoms with Crippen LogP contribution < -0.4 is 16.0 Å². The van der Waals surface area contributed by atoms with Gasteiger partial charge in [-0.15, -0.1) is 34.0 Å². The Labute approximate surface area is 701 Å². The van der Waals surface area contributed by atoms with Crippen molar-refractivity contribution in [3.8, 4) is 0 Å². The second kappa shape index (κ2) is 40.6. The number of nitrogens with zero attached hydrogens (tertiary/aromatic N) is 9. The van der Waals surface area contributed by atoms with E-state index in [2.05, 4.69) is 45.6 Å². The highest BCUT2D eigenvalue weighted by Gasteiger charge is 2.42. The number of carboxylic acid groups (broad SMARTS) is 3. The largest absolute Gasteiger partial charge is 0.481 e. The minimum Gasteiger partial charge on any atom is -0.481 e. The van der Waals surface area contributed by atoms with E-state index < -0.39 is 70.7 Å². The number of amidine groups is 3. The SMILES string of the molecule is CCOC(=O)C1=C(CN2CCOC(CC(C)(C)C(=O)O)C2)NC(c2nccs2)=N[C@H]1c1ccc(Cl)cc1Cl.CCOC(=O)C1=C(CN2CCOCC2CC(C)(C)C(=O)O)NC(c2nccs2)=N[C@H]1c1ccc(Cl)cc1Cl.CCOC(=O)C1=C(CN2CCSC[C@H]2CC(C)C(=O)O)NC(c2nccs2)=N[C@H]1c1ccc(Cl)cc1Cl. The number of thioether (sulfide) groups is 1. The predicted octanol–water partition coefficient (Wildman–Crippen LogP) is 14.0. The topological polar surface area (TPSA) is 331 Å². The molecule has 7 atom stereocenters. The van der Waals surface area contributed by atoms with Crippen LogP contribution in [0.15, 0.2) is 138 Å². The van der Waals surface area contributed by atoms with Crippen LogP contribution in [0.2, 0.25) is 30.1 Å². The lowest BCUT2D eigenvalue weighted by molar-refractivity contribution is -0.150. The van der Waals surface area contributed by atoms with Gasteiger partial charge < -0.3 is 55.0 Å². The summed E-state index contributed by atoms with van der Waals surface area (Å²) in [5.41, 5.74) is 2.91. The van der Waals surface area contributed by atoms with E-state index in [4.69, 9.17) is 108 Å².